The molecule has 0 saturated heterocycles. The zero-order chi connectivity index (χ0) is 22.3. The summed E-state index contributed by atoms with van der Waals surface area (Å²) in [6.45, 7) is 1.19. The molecule has 0 saturated carbocycles. The molecule has 12 heteroatoms. The fourth-order valence-electron chi connectivity index (χ4n) is 1.96. The van der Waals surface area contributed by atoms with Crippen molar-refractivity contribution < 1.29 is 19.1 Å². The zero-order valence-corrected chi connectivity index (χ0v) is 20.0. The molecule has 2 rings (SSSR count). The van der Waals surface area contributed by atoms with Crippen LogP contribution in [-0.4, -0.2) is 29.6 Å². The maximum Gasteiger partial charge on any atom is 0.276 e. The van der Waals surface area contributed by atoms with Crippen molar-refractivity contribution in [1.29, 1.82) is 0 Å². The molecule has 0 spiro atoms. The van der Waals surface area contributed by atoms with E-state index in [0.717, 1.165) is 4.47 Å². The third kappa shape index (κ3) is 7.81. The molecule has 0 radical (unpaired) electrons. The first-order valence-corrected chi connectivity index (χ1v) is 10.6. The molecule has 3 N–H and O–H groups in total. The van der Waals surface area contributed by atoms with Crippen LogP contribution in [0.3, 0.4) is 0 Å². The third-order valence-corrected chi connectivity index (χ3v) is 4.89. The molecule has 7 nitrogen and oxygen atoms in total. The standard InChI is InChI=1S/C18H15BrCl3N3O4S/c1-9(29-15-5-3-11(20)7-13(15)22)17(27)23-18(30)25-24-16(26)8-28-14-4-2-10(19)6-12(14)21/h2-7,9H,8H2,1H3,(H,24,26)(H2,23,25,27,30). The summed E-state index contributed by atoms with van der Waals surface area (Å²) < 4.78 is 11.6. The summed E-state index contributed by atoms with van der Waals surface area (Å²) in [5.74, 6) is -0.453. The van der Waals surface area contributed by atoms with Gasteiger partial charge in [0.05, 0.1) is 10.0 Å². The van der Waals surface area contributed by atoms with Crippen LogP contribution in [0.1, 0.15) is 6.92 Å². The summed E-state index contributed by atoms with van der Waals surface area (Å²) >= 11 is 26.1. The predicted octanol–water partition coefficient (Wildman–Crippen LogP) is 4.28. The van der Waals surface area contributed by atoms with Crippen LogP contribution in [0.25, 0.3) is 0 Å². The lowest BCUT2D eigenvalue weighted by Gasteiger charge is -2.17. The highest BCUT2D eigenvalue weighted by molar-refractivity contribution is 9.10. The Labute approximate surface area is 201 Å². The number of hydrogen-bond donors (Lipinski definition) is 3. The Morgan fingerprint density at radius 3 is 2.40 bits per heavy atom. The number of benzene rings is 2. The lowest BCUT2D eigenvalue weighted by Crippen LogP contribution is -2.51. The van der Waals surface area contributed by atoms with E-state index in [1.165, 1.54) is 13.0 Å². The normalized spacial score (nSPS) is 11.2. The van der Waals surface area contributed by atoms with E-state index < -0.39 is 17.9 Å². The van der Waals surface area contributed by atoms with Crippen LogP contribution in [0.4, 0.5) is 0 Å². The molecular formula is C18H15BrCl3N3O4S. The van der Waals surface area contributed by atoms with Gasteiger partial charge in [-0.05, 0) is 55.5 Å². The molecule has 0 aliphatic heterocycles. The third-order valence-electron chi connectivity index (χ3n) is 3.37. The summed E-state index contributed by atoms with van der Waals surface area (Å²) in [6, 6.07) is 9.60. The average molecular weight is 556 g/mol. The van der Waals surface area contributed by atoms with Crippen LogP contribution in [0, 0.1) is 0 Å². The number of carbonyl (C=O) groups is 2. The number of nitrogens with one attached hydrogen (secondary N) is 3. The number of thiocarbonyl (C=S) groups is 1. The van der Waals surface area contributed by atoms with Gasteiger partial charge in [0.15, 0.2) is 17.8 Å². The number of halogens is 4. The van der Waals surface area contributed by atoms with E-state index in [2.05, 4.69) is 32.1 Å². The number of ether oxygens (including phenoxy) is 2. The van der Waals surface area contributed by atoms with Crippen LogP contribution in [0.5, 0.6) is 11.5 Å². The number of hydrazine groups is 1. The molecule has 0 aliphatic rings. The monoisotopic (exact) mass is 553 g/mol. The number of carbonyl (C=O) groups excluding carboxylic acids is 2. The second kappa shape index (κ2) is 11.6. The minimum atomic E-state index is -0.915. The lowest BCUT2D eigenvalue weighted by molar-refractivity contribution is -0.126. The van der Waals surface area contributed by atoms with Gasteiger partial charge in [0, 0.05) is 9.50 Å². The molecule has 1 unspecified atom stereocenters. The van der Waals surface area contributed by atoms with E-state index in [-0.39, 0.29) is 16.7 Å². The van der Waals surface area contributed by atoms with Crippen LogP contribution in [0.15, 0.2) is 40.9 Å². The van der Waals surface area contributed by atoms with Gasteiger partial charge >= 0.3 is 0 Å². The minimum Gasteiger partial charge on any atom is -0.482 e. The summed E-state index contributed by atoms with van der Waals surface area (Å²) in [5.41, 5.74) is 4.69. The maximum atomic E-state index is 12.2. The minimum absolute atomic E-state index is 0.132. The molecular weight excluding hydrogens is 541 g/mol. The van der Waals surface area contributed by atoms with Crippen molar-refractivity contribution >= 4 is 79.9 Å². The molecule has 0 fully saturated rings. The highest BCUT2D eigenvalue weighted by Crippen LogP contribution is 2.28. The molecule has 2 amide bonds. The Hall–Kier alpha value is -1.78. The first-order chi connectivity index (χ1) is 14.2. The first-order valence-electron chi connectivity index (χ1n) is 8.25. The highest BCUT2D eigenvalue weighted by atomic mass is 79.9. The first kappa shape index (κ1) is 24.5. The van der Waals surface area contributed by atoms with E-state index >= 15 is 0 Å². The van der Waals surface area contributed by atoms with Crippen LogP contribution in [0.2, 0.25) is 15.1 Å². The van der Waals surface area contributed by atoms with E-state index in [1.54, 1.807) is 30.3 Å². The quantitative estimate of drug-likeness (QED) is 0.364. The van der Waals surface area contributed by atoms with Crippen LogP contribution in [-0.2, 0) is 9.59 Å². The van der Waals surface area contributed by atoms with Crippen molar-refractivity contribution in [2.75, 3.05) is 6.61 Å². The van der Waals surface area contributed by atoms with Gasteiger partial charge in [-0.15, -0.1) is 0 Å². The number of hydrogen-bond acceptors (Lipinski definition) is 5. The SMILES string of the molecule is CC(Oc1ccc(Cl)cc1Cl)C(=O)NC(=S)NNC(=O)COc1ccc(Br)cc1Cl. The van der Waals surface area contributed by atoms with Gasteiger partial charge in [-0.2, -0.15) is 0 Å². The molecule has 1 atom stereocenters. The molecule has 160 valence electrons. The topological polar surface area (TPSA) is 88.7 Å². The van der Waals surface area contributed by atoms with Crippen LogP contribution < -0.4 is 25.6 Å². The Bertz CT molecular complexity index is 964. The molecule has 0 heterocycles. The molecule has 0 aromatic heterocycles. The van der Waals surface area contributed by atoms with Crippen molar-refractivity contribution in [2.24, 2.45) is 0 Å². The highest BCUT2D eigenvalue weighted by Gasteiger charge is 2.18. The van der Waals surface area contributed by atoms with Gasteiger partial charge in [0.1, 0.15) is 11.5 Å². The Kier molecular flexibility index (Phi) is 9.44. The largest absolute Gasteiger partial charge is 0.482 e. The van der Waals surface area contributed by atoms with Gasteiger partial charge in [0.2, 0.25) is 0 Å². The average Bonchev–Trinajstić information content (AvgIpc) is 2.67. The van der Waals surface area contributed by atoms with E-state index in [1.807, 2.05) is 0 Å². The van der Waals surface area contributed by atoms with Gasteiger partial charge in [-0.3, -0.25) is 25.8 Å². The fourth-order valence-corrected chi connectivity index (χ4v) is 3.29. The second-order valence-electron chi connectivity index (χ2n) is 5.69. The summed E-state index contributed by atoms with van der Waals surface area (Å²) in [5, 5.41) is 3.31. The summed E-state index contributed by atoms with van der Waals surface area (Å²) in [4.78, 5) is 24.0. The van der Waals surface area contributed by atoms with Crippen LogP contribution >= 0.6 is 63.0 Å². The number of rotatable bonds is 6. The Morgan fingerprint density at radius 1 is 1.07 bits per heavy atom. The Morgan fingerprint density at radius 2 is 1.73 bits per heavy atom. The summed E-state index contributed by atoms with van der Waals surface area (Å²) in [6.07, 6.45) is -0.915. The number of amides is 2. The molecule has 2 aromatic rings. The second-order valence-corrected chi connectivity index (χ2v) is 8.26. The van der Waals surface area contributed by atoms with Gasteiger partial charge in [0.25, 0.3) is 11.8 Å². The van der Waals surface area contributed by atoms with E-state index in [9.17, 15) is 9.59 Å². The van der Waals surface area contributed by atoms with Gasteiger partial charge in [-0.1, -0.05) is 50.7 Å². The molecule has 30 heavy (non-hydrogen) atoms. The predicted molar refractivity (Wildman–Crippen MR) is 123 cm³/mol. The maximum absolute atomic E-state index is 12.2. The van der Waals surface area contributed by atoms with Gasteiger partial charge in [-0.25, -0.2) is 0 Å². The molecule has 0 aliphatic carbocycles. The van der Waals surface area contributed by atoms with Crippen molar-refractivity contribution in [2.45, 2.75) is 13.0 Å². The van der Waals surface area contributed by atoms with Crippen molar-refractivity contribution in [3.63, 3.8) is 0 Å². The van der Waals surface area contributed by atoms with Crippen molar-refractivity contribution in [3.05, 3.63) is 55.9 Å². The molecule has 0 bridgehead atoms. The van der Waals surface area contributed by atoms with E-state index in [4.69, 9.17) is 56.5 Å². The Balaban J connectivity index is 1.74. The van der Waals surface area contributed by atoms with E-state index in [0.29, 0.717) is 21.5 Å². The molecule has 2 aromatic carbocycles. The van der Waals surface area contributed by atoms with Crippen molar-refractivity contribution in [1.82, 2.24) is 16.2 Å². The van der Waals surface area contributed by atoms with Gasteiger partial charge < -0.3 is 9.47 Å². The smallest absolute Gasteiger partial charge is 0.276 e. The van der Waals surface area contributed by atoms with Crippen molar-refractivity contribution in [3.8, 4) is 11.5 Å². The fraction of sp³-hybridized carbons (Fsp3) is 0.167. The zero-order valence-electron chi connectivity index (χ0n) is 15.3. The summed E-state index contributed by atoms with van der Waals surface area (Å²) in [7, 11) is 0. The lowest BCUT2D eigenvalue weighted by atomic mass is 10.3.